The van der Waals surface area contributed by atoms with Crippen LogP contribution in [0.5, 0.6) is 0 Å². The van der Waals surface area contributed by atoms with Gasteiger partial charge in [-0.2, -0.15) is 50.9 Å². The Bertz CT molecular complexity index is 6510. The number of carbonyl (C=O) groups excluding carboxylic acids is 3. The number of carboxylic acids is 1. The molecular weight excluding hydrogens is 2070 g/mol. The van der Waals surface area contributed by atoms with E-state index >= 15 is 0 Å². The molecule has 0 spiro atoms. The number of aliphatic hydroxyl groups is 2. The largest absolute Gasteiger partial charge is 2.00 e. The van der Waals surface area contributed by atoms with Gasteiger partial charge >= 0.3 is 62.1 Å². The number of halogens is 7. The van der Waals surface area contributed by atoms with Crippen molar-refractivity contribution in [2.45, 2.75) is 110 Å². The topological polar surface area (TPSA) is 358 Å². The normalized spacial score (nSPS) is 12.0. The average Bonchev–Trinajstić information content (AvgIpc) is 1.80. The van der Waals surface area contributed by atoms with Crippen LogP contribution in [0, 0.1) is 63.1 Å². The fourth-order valence-electron chi connectivity index (χ4n) is 14.6. The summed E-state index contributed by atoms with van der Waals surface area (Å²) in [7, 11) is 6.83. The number of hydrogen-bond acceptors (Lipinski definition) is 17. The fraction of sp³-hybridized carbons (Fsp3) is 0.234. The Balaban J connectivity index is 0.000000264. The molecule has 0 saturated heterocycles. The molecule has 3 aromatic heterocycles. The second-order valence-corrected chi connectivity index (χ2v) is 47.6. The number of amides is 1. The van der Waals surface area contributed by atoms with Gasteiger partial charge in [0.05, 0.1) is 70.0 Å². The molecule has 740 valence electrons. The maximum absolute atomic E-state index is 13.4. The summed E-state index contributed by atoms with van der Waals surface area (Å²) in [4.78, 5) is 54.6. The van der Waals surface area contributed by atoms with Crippen LogP contribution in [0.3, 0.4) is 0 Å². The molecule has 142 heavy (non-hydrogen) atoms. The number of aliphatic hydroxyl groups excluding tert-OH is 2. The number of nitrogens with two attached hydrogens (primary N) is 4. The number of hydrogen-bond donors (Lipinski definition) is 10. The zero-order chi connectivity index (χ0) is 102. The SMILES string of the molecule is C[Si](C)(C)N(c1c[c-]ccc1)[Si](C)(C)C.Cc1cc(C(=O)O)n(-c2cccc(C#N)c2)n1.NCC1CC1.NCCNCCN.Nc1cccc(C(O)c2ccccc2Cl)c1.O=Cc1ccccc1Cl.[Br-].[C-]#[N+]c1cccc(-n2nc(C)cc2C(=O)Cc2cccc(C(NCC3CC3)c3ccccc3Cl)c2)c1.[C-]#[N+]c1cccc(-n2nc(C)cc2C(=O)Nc2cccc(C(O)c3ccccc3Cl)c2)c1.[Cl][Ni][Cl].[Mg+2]. The standard InChI is InChI=1S/C30H27ClN4O.C25H19ClN4O2.C13H12ClNO.C12H9N3O2.C12H22NSi2.C7H5ClO.C4H13N3.C4H9N.BrH.2ClH.Mg.Ni/c1-20-15-28(35(34-20)25-10-6-9-24(18-25)32-2)29(36)17-22-7-5-8-23(16-22)30(33-19-21-13-14-21)26-11-3-4-12-27(26)31;1-16-13-23(30(29-16)20-10-6-8-18(15-20)27-2)25(32)28-19-9-5-7-17(14-19)24(31)21-11-3-4-12-22(21)26;14-12-7-2-1-6-11(12)13(16)9-4-3-5-10(15)8-9;1-8-5-11(12(16)17)15(14-8)10-4-2-3-9(6-10)7-13;1-14(2,3)13(15(4,5)6)12-10-8-7-9-11-12;8-7-4-2-1-3-6(7)5-9;5-1-3-7-4-2-6;5-3-4-1-2-4;;;;;/h3-12,15-16,18,21,30,33H,13-14,17,19H2,1H3;3-15,24,31H,1H3,(H,28,32);1-8,13,16H,15H2;2-6H,1H3,(H,16,17);7-8,10-11H,1-6H3;1-5H;7H,1-6H2;4H,1-3,5H2;3*1H;;/q;;;;-1;;;;;;;2*+2/p-3. The van der Waals surface area contributed by atoms with E-state index in [0.29, 0.717) is 131 Å². The van der Waals surface area contributed by atoms with E-state index < -0.39 is 34.6 Å². The number of ketones is 1. The van der Waals surface area contributed by atoms with Crippen molar-refractivity contribution in [2.75, 3.05) is 54.6 Å². The summed E-state index contributed by atoms with van der Waals surface area (Å²) < 4.78 is 7.18. The first-order valence-corrected chi connectivity index (χ1v) is 55.9. The van der Waals surface area contributed by atoms with E-state index in [2.05, 4.69) is 127 Å². The zero-order valence-corrected chi connectivity index (χ0v) is 90.8. The fourth-order valence-corrected chi connectivity index (χ4v) is 25.4. The molecule has 3 heterocycles. The number of aromatic carboxylic acids is 1. The number of aldehydes is 1. The van der Waals surface area contributed by atoms with Crippen molar-refractivity contribution in [1.29, 1.82) is 5.26 Å². The monoisotopic (exact) mass is 2180 g/mol. The number of aryl methyl sites for hydroxylation is 3. The van der Waals surface area contributed by atoms with Gasteiger partial charge < -0.3 is 75.4 Å². The molecular formula is C107H116BrCl6MgN17NiO7Si2. The summed E-state index contributed by atoms with van der Waals surface area (Å²) in [6, 6.07) is 90.7. The van der Waals surface area contributed by atoms with Gasteiger partial charge in [0, 0.05) is 75.7 Å². The van der Waals surface area contributed by atoms with Gasteiger partial charge in [0.25, 0.3) is 5.91 Å². The van der Waals surface area contributed by atoms with E-state index in [4.69, 9.17) is 113 Å². The molecule has 14 aromatic rings. The Hall–Kier alpha value is -11.0. The Morgan fingerprint density at radius 2 is 1.01 bits per heavy atom. The first-order chi connectivity index (χ1) is 67.1. The summed E-state index contributed by atoms with van der Waals surface area (Å²) in [6.07, 6.45) is 4.63. The minimum Gasteiger partial charge on any atom is 2.00 e. The average molecular weight is 2180 g/mol. The van der Waals surface area contributed by atoms with Crippen molar-refractivity contribution in [1.82, 2.24) is 40.0 Å². The molecule has 11 aromatic carbocycles. The predicted octanol–water partition coefficient (Wildman–Crippen LogP) is 20.3. The Morgan fingerprint density at radius 3 is 1.46 bits per heavy atom. The third-order valence-corrected chi connectivity index (χ3v) is 29.7. The molecule has 35 heteroatoms. The summed E-state index contributed by atoms with van der Waals surface area (Å²) in [5, 5.41) is 63.7. The first-order valence-electron chi connectivity index (χ1n) is 44.8. The summed E-state index contributed by atoms with van der Waals surface area (Å²) in [5.41, 5.74) is 36.3. The molecule has 2 aliphatic rings. The van der Waals surface area contributed by atoms with Crippen LogP contribution >= 0.6 is 66.8 Å². The predicted molar refractivity (Wildman–Crippen MR) is 575 cm³/mol. The van der Waals surface area contributed by atoms with Gasteiger partial charge in [-0.05, 0) is 208 Å². The molecule has 2 saturated carbocycles. The maximum atomic E-state index is 13.4. The number of nitriles is 1. The van der Waals surface area contributed by atoms with Crippen molar-refractivity contribution >= 4 is 159 Å². The van der Waals surface area contributed by atoms with Crippen LogP contribution in [-0.4, -0.2) is 147 Å². The second kappa shape index (κ2) is 61.2. The van der Waals surface area contributed by atoms with Gasteiger partial charge in [-0.25, -0.2) is 28.5 Å². The number of anilines is 3. The number of nitrogens with one attached hydrogen (secondary N) is 3. The van der Waals surface area contributed by atoms with Crippen LogP contribution < -0.4 is 60.1 Å². The number of rotatable bonds is 27. The van der Waals surface area contributed by atoms with E-state index in [1.165, 1.54) is 46.8 Å². The van der Waals surface area contributed by atoms with E-state index in [9.17, 15) is 29.4 Å². The third-order valence-electron chi connectivity index (χ3n) is 21.1. The van der Waals surface area contributed by atoms with Crippen molar-refractivity contribution in [3.63, 3.8) is 0 Å². The smallest absolute Gasteiger partial charge is 2.00 e. The number of nitrogens with zero attached hydrogens (tertiary/aromatic N) is 10. The maximum Gasteiger partial charge on any atom is 2.00 e. The van der Waals surface area contributed by atoms with Crippen LogP contribution in [0.25, 0.3) is 26.8 Å². The zero-order valence-electron chi connectivity index (χ0n) is 80.3. The molecule has 0 aliphatic heterocycles. The number of benzene rings is 11. The molecule has 3 atom stereocenters. The first kappa shape index (κ1) is 120. The number of carbonyl (C=O) groups is 4. The van der Waals surface area contributed by atoms with Crippen molar-refractivity contribution in [3.05, 3.63) is 418 Å². The van der Waals surface area contributed by atoms with Crippen molar-refractivity contribution in [2.24, 2.45) is 29.0 Å². The Labute approximate surface area is 895 Å². The van der Waals surface area contributed by atoms with Crippen LogP contribution in [-0.2, 0) is 19.1 Å². The molecule has 0 bridgehead atoms. The second-order valence-electron chi connectivity index (χ2n) is 34.4. The van der Waals surface area contributed by atoms with Crippen LogP contribution in [0.2, 0.25) is 59.4 Å². The third kappa shape index (κ3) is 38.6. The van der Waals surface area contributed by atoms with Gasteiger partial charge in [-0.3, -0.25) is 14.4 Å². The number of carboxylic acid groups (broad SMARTS) is 1. The van der Waals surface area contributed by atoms with E-state index in [1.54, 1.807) is 188 Å². The van der Waals surface area contributed by atoms with Gasteiger partial charge in [0.15, 0.2) is 29.1 Å². The Morgan fingerprint density at radius 1 is 0.563 bits per heavy atom. The summed E-state index contributed by atoms with van der Waals surface area (Å²) >= 11 is 25.0. The van der Waals surface area contributed by atoms with Gasteiger partial charge in [-0.1, -0.05) is 243 Å². The minimum absolute atomic E-state index is 0. The number of nitrogen functional groups attached to an aromatic ring is 1. The molecule has 2 aliphatic carbocycles. The van der Waals surface area contributed by atoms with E-state index in [-0.39, 0.29) is 69.9 Å². The van der Waals surface area contributed by atoms with Crippen molar-refractivity contribution in [3.8, 4) is 23.1 Å². The minimum atomic E-state index is -1.29. The molecule has 3 unspecified atom stereocenters. The molecule has 1 amide bonds. The quantitative estimate of drug-likeness (QED) is 0.00571. The van der Waals surface area contributed by atoms with E-state index in [0.717, 1.165) is 77.3 Å². The van der Waals surface area contributed by atoms with Crippen LogP contribution in [0.15, 0.2) is 285 Å². The van der Waals surface area contributed by atoms with Crippen molar-refractivity contribution < 1.29 is 64.1 Å². The van der Waals surface area contributed by atoms with Gasteiger partial charge in [0.2, 0.25) is 0 Å². The van der Waals surface area contributed by atoms with Crippen LogP contribution in [0.4, 0.5) is 28.4 Å². The summed E-state index contributed by atoms with van der Waals surface area (Å²) in [5.74, 6) is 0.206. The van der Waals surface area contributed by atoms with Crippen LogP contribution in [0.1, 0.15) is 147 Å². The number of aromatic nitrogens is 6. The summed E-state index contributed by atoms with van der Waals surface area (Å²) in [6.45, 7) is 39.4. The molecule has 16 rings (SSSR count). The van der Waals surface area contributed by atoms with Gasteiger partial charge in [0.1, 0.15) is 40.1 Å². The molecule has 2 fully saturated rings. The molecule has 0 radical (unpaired) electrons. The Kier molecular flexibility index (Phi) is 51.6. The van der Waals surface area contributed by atoms with Gasteiger partial charge in [-0.15, -0.1) is 0 Å². The number of Topliss-reactive ketones (excluding diaryl/α,β-unsaturated/α-hetero) is 1. The molecule has 14 N–H and O–H groups in total. The molecule has 24 nitrogen and oxygen atoms in total. The van der Waals surface area contributed by atoms with E-state index in [1.807, 2.05) is 85.8 Å².